The molecule has 0 spiro atoms. The van der Waals surface area contributed by atoms with Crippen molar-refractivity contribution in [2.45, 2.75) is 18.7 Å². The molecule has 2 N–H and O–H groups in total. The van der Waals surface area contributed by atoms with E-state index in [0.717, 1.165) is 5.75 Å². The first-order valence-corrected chi connectivity index (χ1v) is 7.71. The molecule has 0 amide bonds. The Bertz CT molecular complexity index is 324. The van der Waals surface area contributed by atoms with Crippen molar-refractivity contribution in [1.29, 1.82) is 0 Å². The van der Waals surface area contributed by atoms with Crippen molar-refractivity contribution in [3.8, 4) is 5.75 Å². The van der Waals surface area contributed by atoms with Gasteiger partial charge in [-0.3, -0.25) is 5.73 Å². The van der Waals surface area contributed by atoms with Crippen molar-refractivity contribution in [3.05, 3.63) is 30.3 Å². The second-order valence-electron chi connectivity index (χ2n) is 3.80. The molecule has 0 bridgehead atoms. The van der Waals surface area contributed by atoms with Gasteiger partial charge in [0, 0.05) is 33.8 Å². The molecule has 0 aliphatic rings. The lowest BCUT2D eigenvalue weighted by Gasteiger charge is -2.25. The number of para-hydroxylation sites is 1. The van der Waals surface area contributed by atoms with E-state index in [1.807, 2.05) is 30.3 Å². The molecular formula is C12H21NO4Si. The lowest BCUT2D eigenvalue weighted by atomic mass is 10.3. The molecule has 0 saturated heterocycles. The fraction of sp³-hybridized carbons (Fsp3) is 0.500. The van der Waals surface area contributed by atoms with E-state index in [4.69, 9.17) is 23.7 Å². The summed E-state index contributed by atoms with van der Waals surface area (Å²) < 4.78 is 21.5. The third-order valence-electron chi connectivity index (χ3n) is 2.70. The summed E-state index contributed by atoms with van der Waals surface area (Å²) in [6.45, 7) is 0. The number of hydrogen-bond acceptors (Lipinski definition) is 5. The third-order valence-corrected chi connectivity index (χ3v) is 5.47. The zero-order chi connectivity index (χ0) is 13.4. The summed E-state index contributed by atoms with van der Waals surface area (Å²) in [6.07, 6.45) is 0.205. The third kappa shape index (κ3) is 4.39. The van der Waals surface area contributed by atoms with Gasteiger partial charge in [0.1, 0.15) is 12.0 Å². The van der Waals surface area contributed by atoms with Crippen LogP contribution in [-0.2, 0) is 13.3 Å². The van der Waals surface area contributed by atoms with Gasteiger partial charge in [-0.05, 0) is 12.1 Å². The Hall–Kier alpha value is -0.923. The minimum Gasteiger partial charge on any atom is -0.476 e. The van der Waals surface area contributed by atoms with Crippen molar-refractivity contribution in [2.24, 2.45) is 5.73 Å². The topological polar surface area (TPSA) is 62.9 Å². The number of ether oxygens (including phenoxy) is 1. The summed E-state index contributed by atoms with van der Waals surface area (Å²) >= 11 is 0. The highest BCUT2D eigenvalue weighted by Gasteiger charge is 2.37. The maximum atomic E-state index is 5.91. The van der Waals surface area contributed by atoms with Gasteiger partial charge in [0.25, 0.3) is 0 Å². The number of hydrogen-bond donors (Lipinski definition) is 1. The van der Waals surface area contributed by atoms with Crippen molar-refractivity contribution in [1.82, 2.24) is 0 Å². The molecule has 0 radical (unpaired) electrons. The van der Waals surface area contributed by atoms with Crippen molar-refractivity contribution in [2.75, 3.05) is 21.3 Å². The SMILES string of the molecule is CO[Si](CC[C@@H](N)Oc1ccccc1)(OC)OC. The average molecular weight is 271 g/mol. The monoisotopic (exact) mass is 271 g/mol. The lowest BCUT2D eigenvalue weighted by molar-refractivity contribution is 0.115. The second-order valence-corrected chi connectivity index (χ2v) is 6.89. The van der Waals surface area contributed by atoms with Gasteiger partial charge in [-0.2, -0.15) is 0 Å². The summed E-state index contributed by atoms with van der Waals surface area (Å²) in [5.74, 6) is 0.754. The molecule has 0 heterocycles. The molecule has 1 rings (SSSR count). The van der Waals surface area contributed by atoms with Crippen LogP contribution in [0.4, 0.5) is 0 Å². The predicted molar refractivity (Wildman–Crippen MR) is 71.3 cm³/mol. The second kappa shape index (κ2) is 7.50. The maximum absolute atomic E-state index is 5.91. The summed E-state index contributed by atoms with van der Waals surface area (Å²) in [5, 5.41) is 0. The normalized spacial score (nSPS) is 13.3. The molecule has 1 aromatic carbocycles. The van der Waals surface area contributed by atoms with Crippen LogP contribution in [0.1, 0.15) is 6.42 Å². The Morgan fingerprint density at radius 3 is 2.11 bits per heavy atom. The fourth-order valence-corrected chi connectivity index (χ4v) is 3.36. The molecular weight excluding hydrogens is 250 g/mol. The molecule has 102 valence electrons. The van der Waals surface area contributed by atoms with Crippen molar-refractivity contribution < 1.29 is 18.0 Å². The van der Waals surface area contributed by atoms with Gasteiger partial charge in [-0.1, -0.05) is 18.2 Å². The summed E-state index contributed by atoms with van der Waals surface area (Å²) in [7, 11) is 2.20. The highest BCUT2D eigenvalue weighted by molar-refractivity contribution is 6.60. The van der Waals surface area contributed by atoms with Crippen LogP contribution in [0.3, 0.4) is 0 Å². The van der Waals surface area contributed by atoms with E-state index in [0.29, 0.717) is 12.5 Å². The molecule has 1 atom stereocenters. The van der Waals surface area contributed by atoms with Crippen molar-refractivity contribution >= 4 is 8.80 Å². The highest BCUT2D eigenvalue weighted by Crippen LogP contribution is 2.18. The molecule has 6 heteroatoms. The molecule has 0 saturated carbocycles. The first-order valence-electron chi connectivity index (χ1n) is 5.78. The minimum absolute atomic E-state index is 0.403. The Labute approximate surface area is 109 Å². The maximum Gasteiger partial charge on any atom is 0.500 e. The first kappa shape index (κ1) is 15.1. The quantitative estimate of drug-likeness (QED) is 0.575. The molecule has 0 unspecified atom stereocenters. The highest BCUT2D eigenvalue weighted by atomic mass is 28.4. The first-order chi connectivity index (χ1) is 8.65. The van der Waals surface area contributed by atoms with Gasteiger partial charge in [0.2, 0.25) is 0 Å². The Morgan fingerprint density at radius 2 is 1.61 bits per heavy atom. The number of benzene rings is 1. The van der Waals surface area contributed by atoms with Gasteiger partial charge in [0.15, 0.2) is 0 Å². The molecule has 0 fully saturated rings. The summed E-state index contributed by atoms with van der Waals surface area (Å²) in [4.78, 5) is 0. The molecule has 0 aliphatic carbocycles. The largest absolute Gasteiger partial charge is 0.500 e. The lowest BCUT2D eigenvalue weighted by Crippen LogP contribution is -2.44. The van der Waals surface area contributed by atoms with Crippen LogP contribution in [0.5, 0.6) is 5.75 Å². The smallest absolute Gasteiger partial charge is 0.476 e. The molecule has 5 nitrogen and oxygen atoms in total. The van der Waals surface area contributed by atoms with E-state index in [2.05, 4.69) is 0 Å². The molecule has 0 aliphatic heterocycles. The average Bonchev–Trinajstić information content (AvgIpc) is 2.42. The standard InChI is InChI=1S/C12H21NO4Si/c1-14-18(15-2,16-3)10-9-12(13)17-11-7-5-4-6-8-11/h4-8,12H,9-10,13H2,1-3H3/t12-/m0/s1. The van der Waals surface area contributed by atoms with Gasteiger partial charge in [-0.15, -0.1) is 0 Å². The van der Waals surface area contributed by atoms with Gasteiger partial charge >= 0.3 is 8.80 Å². The van der Waals surface area contributed by atoms with Crippen LogP contribution in [0, 0.1) is 0 Å². The van der Waals surface area contributed by atoms with E-state index < -0.39 is 15.0 Å². The molecule has 1 aromatic rings. The number of rotatable bonds is 8. The van der Waals surface area contributed by atoms with Crippen LogP contribution in [0.15, 0.2) is 30.3 Å². The van der Waals surface area contributed by atoms with E-state index in [1.54, 1.807) is 21.3 Å². The number of nitrogens with two attached hydrogens (primary N) is 1. The zero-order valence-corrected chi connectivity index (χ0v) is 12.1. The molecule has 0 aromatic heterocycles. The van der Waals surface area contributed by atoms with E-state index in [-0.39, 0.29) is 0 Å². The van der Waals surface area contributed by atoms with Gasteiger partial charge < -0.3 is 18.0 Å². The van der Waals surface area contributed by atoms with Crippen LogP contribution >= 0.6 is 0 Å². The van der Waals surface area contributed by atoms with Crippen molar-refractivity contribution in [3.63, 3.8) is 0 Å². The predicted octanol–water partition coefficient (Wildman–Crippen LogP) is 1.62. The van der Waals surface area contributed by atoms with Crippen LogP contribution in [0.25, 0.3) is 0 Å². The van der Waals surface area contributed by atoms with Crippen LogP contribution in [0.2, 0.25) is 6.04 Å². The summed E-state index contributed by atoms with van der Waals surface area (Å²) in [5.41, 5.74) is 5.91. The van der Waals surface area contributed by atoms with Gasteiger partial charge in [0.05, 0.1) is 0 Å². The van der Waals surface area contributed by atoms with Crippen LogP contribution in [-0.4, -0.2) is 36.4 Å². The van der Waals surface area contributed by atoms with Gasteiger partial charge in [-0.25, -0.2) is 0 Å². The Morgan fingerprint density at radius 1 is 1.06 bits per heavy atom. The summed E-state index contributed by atoms with van der Waals surface area (Å²) in [6, 6.07) is 10.1. The Balaban J connectivity index is 2.43. The molecule has 18 heavy (non-hydrogen) atoms. The van der Waals surface area contributed by atoms with E-state index in [1.165, 1.54) is 0 Å². The van der Waals surface area contributed by atoms with Crippen LogP contribution < -0.4 is 10.5 Å². The zero-order valence-electron chi connectivity index (χ0n) is 11.1. The Kier molecular flexibility index (Phi) is 6.30. The van der Waals surface area contributed by atoms with E-state index in [9.17, 15) is 0 Å². The minimum atomic E-state index is -2.56. The van der Waals surface area contributed by atoms with E-state index >= 15 is 0 Å². The fourth-order valence-electron chi connectivity index (χ4n) is 1.61.